The third-order valence-electron chi connectivity index (χ3n) is 7.03. The number of carboxylic acids is 1. The number of rotatable bonds is 6. The molecule has 6 aromatic rings. The van der Waals surface area contributed by atoms with Crippen LogP contribution >= 0.6 is 23.2 Å². The van der Waals surface area contributed by atoms with Crippen molar-refractivity contribution in [3.63, 3.8) is 0 Å². The highest BCUT2D eigenvalue weighted by molar-refractivity contribution is 6.32. The van der Waals surface area contributed by atoms with Crippen molar-refractivity contribution in [2.45, 2.75) is 13.8 Å². The molecule has 0 spiro atoms. The summed E-state index contributed by atoms with van der Waals surface area (Å²) in [6, 6.07) is 5.72. The number of carboxylic acid groups (broad SMARTS) is 1. The van der Waals surface area contributed by atoms with Crippen LogP contribution in [0.15, 0.2) is 36.7 Å². The predicted molar refractivity (Wildman–Crippen MR) is 169 cm³/mol. The van der Waals surface area contributed by atoms with Gasteiger partial charge < -0.3 is 29.3 Å². The molecule has 0 aliphatic heterocycles. The van der Waals surface area contributed by atoms with Gasteiger partial charge in [-0.3, -0.25) is 0 Å². The zero-order chi connectivity index (χ0) is 34.2. The van der Waals surface area contributed by atoms with Crippen molar-refractivity contribution in [2.75, 3.05) is 21.3 Å². The molecule has 0 saturated heterocycles. The van der Waals surface area contributed by atoms with Gasteiger partial charge >= 0.3 is 11.9 Å². The van der Waals surface area contributed by atoms with E-state index in [-0.39, 0.29) is 55.7 Å². The van der Waals surface area contributed by atoms with Gasteiger partial charge in [0, 0.05) is 12.4 Å². The molecule has 0 fully saturated rings. The Kier molecular flexibility index (Phi) is 9.26. The maximum absolute atomic E-state index is 14.6. The molecule has 12 nitrogen and oxygen atoms in total. The number of methoxy groups -OCH3 is 3. The lowest BCUT2D eigenvalue weighted by Crippen LogP contribution is -2.08. The van der Waals surface area contributed by atoms with Crippen LogP contribution in [-0.2, 0) is 4.74 Å². The number of aromatic carboxylic acids is 1. The van der Waals surface area contributed by atoms with E-state index in [0.717, 1.165) is 5.56 Å². The number of halogens is 4. The van der Waals surface area contributed by atoms with Crippen molar-refractivity contribution in [1.29, 1.82) is 0 Å². The molecule has 242 valence electrons. The molecular weight excluding hydrogens is 661 g/mol. The molecule has 0 amide bonds. The Morgan fingerprint density at radius 1 is 0.723 bits per heavy atom. The molecule has 4 heterocycles. The first-order valence-corrected chi connectivity index (χ1v) is 14.2. The Morgan fingerprint density at radius 3 is 1.55 bits per heavy atom. The third kappa shape index (κ3) is 6.00. The van der Waals surface area contributed by atoms with Gasteiger partial charge in [0.2, 0.25) is 0 Å². The topological polar surface area (TPSA) is 165 Å². The highest BCUT2D eigenvalue weighted by atomic mass is 35.5. The maximum atomic E-state index is 14.6. The van der Waals surface area contributed by atoms with Gasteiger partial charge in [-0.2, -0.15) is 0 Å². The lowest BCUT2D eigenvalue weighted by molar-refractivity contribution is 0.0595. The van der Waals surface area contributed by atoms with Crippen LogP contribution in [0.4, 0.5) is 8.78 Å². The number of fused-ring (bicyclic) bond motifs is 2. The van der Waals surface area contributed by atoms with Gasteiger partial charge in [-0.15, -0.1) is 0 Å². The van der Waals surface area contributed by atoms with E-state index in [4.69, 9.17) is 37.4 Å². The minimum absolute atomic E-state index is 0.00269. The summed E-state index contributed by atoms with van der Waals surface area (Å²) < 4.78 is 43.8. The molecule has 0 aliphatic rings. The molecule has 0 radical (unpaired) electrons. The number of carbonyl (C=O) groups is 2. The third-order valence-corrected chi connectivity index (χ3v) is 7.62. The lowest BCUT2D eigenvalue weighted by Gasteiger charge is -2.10. The molecule has 2 aromatic carbocycles. The van der Waals surface area contributed by atoms with Crippen LogP contribution in [0.25, 0.3) is 44.8 Å². The van der Waals surface area contributed by atoms with E-state index >= 15 is 0 Å². The summed E-state index contributed by atoms with van der Waals surface area (Å²) in [6.07, 6.45) is 3.31. The van der Waals surface area contributed by atoms with Crippen LogP contribution in [0.1, 0.15) is 32.1 Å². The zero-order valence-electron chi connectivity index (χ0n) is 25.3. The average Bonchev–Trinajstić information content (AvgIpc) is 3.62. The maximum Gasteiger partial charge on any atom is 0.357 e. The Bertz CT molecular complexity index is 2200. The van der Waals surface area contributed by atoms with Gasteiger partial charge in [0.05, 0.1) is 53.3 Å². The smallest absolute Gasteiger partial charge is 0.357 e. The molecule has 0 bridgehead atoms. The summed E-state index contributed by atoms with van der Waals surface area (Å²) >= 11 is 11.8. The number of aromatic amines is 2. The molecular formula is C31H24Cl2F2N6O6. The van der Waals surface area contributed by atoms with Crippen molar-refractivity contribution >= 4 is 57.2 Å². The number of esters is 1. The lowest BCUT2D eigenvalue weighted by atomic mass is 10.1. The fraction of sp³-hybridized carbons (Fsp3) is 0.161. The Morgan fingerprint density at radius 2 is 1.15 bits per heavy atom. The van der Waals surface area contributed by atoms with Gasteiger partial charge in [0.15, 0.2) is 46.2 Å². The average molecular weight is 685 g/mol. The molecule has 0 unspecified atom stereocenters. The molecule has 16 heteroatoms. The van der Waals surface area contributed by atoms with Gasteiger partial charge in [-0.05, 0) is 49.2 Å². The molecule has 0 aliphatic carbocycles. The summed E-state index contributed by atoms with van der Waals surface area (Å²) in [4.78, 5) is 46.0. The largest absolute Gasteiger partial charge is 0.492 e. The second-order valence-electron chi connectivity index (χ2n) is 9.86. The number of aromatic nitrogens is 6. The predicted octanol–water partition coefficient (Wildman–Crippen LogP) is 6.95. The van der Waals surface area contributed by atoms with Crippen molar-refractivity contribution in [1.82, 2.24) is 29.9 Å². The van der Waals surface area contributed by atoms with E-state index in [1.807, 2.05) is 0 Å². The fourth-order valence-corrected chi connectivity index (χ4v) is 5.25. The van der Waals surface area contributed by atoms with E-state index in [1.54, 1.807) is 26.2 Å². The summed E-state index contributed by atoms with van der Waals surface area (Å²) in [5, 5.41) is 10.5. The molecule has 4 aromatic heterocycles. The van der Waals surface area contributed by atoms with Gasteiger partial charge in [-0.1, -0.05) is 23.2 Å². The van der Waals surface area contributed by atoms with E-state index in [0.29, 0.717) is 27.6 Å². The Hall–Kier alpha value is -5.34. The number of nitrogens with zero attached hydrogens (tertiary/aromatic N) is 4. The van der Waals surface area contributed by atoms with Crippen LogP contribution in [0.3, 0.4) is 0 Å². The summed E-state index contributed by atoms with van der Waals surface area (Å²) in [6.45, 7) is 3.54. The SMILES string of the molecule is COC(=O)c1nc(-c2ccc(Cl)c(OC)c2F)nc2[nH]cc(C)c12.COc1c(Cl)ccc(-c2nc(C(=O)O)c3c(C)c[nH]c3n2)c1F. The first-order valence-electron chi connectivity index (χ1n) is 13.5. The Labute approximate surface area is 274 Å². The number of hydrogen-bond acceptors (Lipinski definition) is 9. The zero-order valence-corrected chi connectivity index (χ0v) is 26.8. The van der Waals surface area contributed by atoms with Gasteiger partial charge in [0.25, 0.3) is 0 Å². The van der Waals surface area contributed by atoms with Crippen molar-refractivity contribution in [3.05, 3.63) is 80.9 Å². The highest BCUT2D eigenvalue weighted by Gasteiger charge is 2.24. The first kappa shape index (κ1) is 33.0. The molecule has 3 N–H and O–H groups in total. The van der Waals surface area contributed by atoms with Crippen LogP contribution in [0, 0.1) is 25.5 Å². The minimum atomic E-state index is -1.22. The number of hydrogen-bond donors (Lipinski definition) is 3. The summed E-state index contributed by atoms with van der Waals surface area (Å²) in [5.74, 6) is -3.60. The molecule has 0 saturated carbocycles. The second-order valence-corrected chi connectivity index (χ2v) is 10.7. The van der Waals surface area contributed by atoms with E-state index < -0.39 is 23.6 Å². The van der Waals surface area contributed by atoms with Crippen molar-refractivity contribution < 1.29 is 37.7 Å². The summed E-state index contributed by atoms with van der Waals surface area (Å²) in [7, 11) is 3.85. The fourth-order valence-electron chi connectivity index (χ4n) is 4.80. The number of nitrogens with one attached hydrogen (secondary N) is 2. The van der Waals surface area contributed by atoms with Crippen LogP contribution in [0.5, 0.6) is 11.5 Å². The number of aryl methyl sites for hydroxylation is 2. The van der Waals surface area contributed by atoms with Crippen molar-refractivity contribution in [2.24, 2.45) is 0 Å². The van der Waals surface area contributed by atoms with E-state index in [9.17, 15) is 23.5 Å². The number of H-pyrrole nitrogens is 2. The van der Waals surface area contributed by atoms with Gasteiger partial charge in [-0.25, -0.2) is 38.3 Å². The molecule has 6 rings (SSSR count). The minimum Gasteiger partial charge on any atom is -0.492 e. The standard InChI is InChI=1S/C16H13ClFN3O3.C15H11ClFN3O3/c1-7-6-19-15-10(7)12(16(22)24-3)20-14(21-15)8-4-5-9(17)13(23-2)11(8)18;1-6-5-18-14-9(6)11(15(21)22)19-13(20-14)7-3-4-8(16)12(23-2)10(7)17/h4-6H,1-3H3,(H,19,20,21);3-5H,1-2H3,(H,21,22)(H,18,19,20). The van der Waals surface area contributed by atoms with Crippen LogP contribution in [0.2, 0.25) is 10.0 Å². The first-order chi connectivity index (χ1) is 22.4. The van der Waals surface area contributed by atoms with Crippen LogP contribution in [-0.4, -0.2) is 68.3 Å². The number of ether oxygens (including phenoxy) is 3. The quantitative estimate of drug-likeness (QED) is 0.156. The van der Waals surface area contributed by atoms with E-state index in [2.05, 4.69) is 29.9 Å². The van der Waals surface area contributed by atoms with E-state index in [1.165, 1.54) is 45.6 Å². The monoisotopic (exact) mass is 684 g/mol. The highest BCUT2D eigenvalue weighted by Crippen LogP contribution is 2.36. The Balaban J connectivity index is 0.000000185. The normalized spacial score (nSPS) is 10.9. The molecule has 47 heavy (non-hydrogen) atoms. The van der Waals surface area contributed by atoms with Crippen LogP contribution < -0.4 is 9.47 Å². The van der Waals surface area contributed by atoms with Gasteiger partial charge in [0.1, 0.15) is 11.3 Å². The summed E-state index contributed by atoms with van der Waals surface area (Å²) in [5.41, 5.74) is 2.13. The number of benzene rings is 2. The second kappa shape index (κ2) is 13.2. The van der Waals surface area contributed by atoms with Crippen molar-refractivity contribution in [3.8, 4) is 34.3 Å². The molecule has 0 atom stereocenters. The number of carbonyl (C=O) groups excluding carboxylic acids is 1.